The van der Waals surface area contributed by atoms with Gasteiger partial charge in [0.15, 0.2) is 5.78 Å². The minimum atomic E-state index is -0.0247. The lowest BCUT2D eigenvalue weighted by Gasteiger charge is -2.00. The lowest BCUT2D eigenvalue weighted by Crippen LogP contribution is -2.02. The molecule has 0 amide bonds. The summed E-state index contributed by atoms with van der Waals surface area (Å²) in [6.45, 7) is 0. The number of hydrogen-bond donors (Lipinski definition) is 0. The maximum Gasteiger partial charge on any atom is 0.176 e. The Morgan fingerprint density at radius 2 is 2.06 bits per heavy atom. The molecule has 0 heterocycles. The average molecular weight is 227 g/mol. The Morgan fingerprint density at radius 1 is 1.41 bits per heavy atom. The predicted octanol–water partition coefficient (Wildman–Crippen LogP) is 2.58. The van der Waals surface area contributed by atoms with Crippen molar-refractivity contribution in [3.63, 3.8) is 0 Å². The van der Waals surface area contributed by atoms with Gasteiger partial charge in [-0.3, -0.25) is 4.79 Å². The molecule has 0 spiro atoms. The van der Waals surface area contributed by atoms with Crippen LogP contribution in [0.25, 0.3) is 6.08 Å². The fourth-order valence-electron chi connectivity index (χ4n) is 1.59. The number of hydrogen-bond acceptors (Lipinski definition) is 3. The number of rotatable bonds is 4. The van der Waals surface area contributed by atoms with Crippen LogP contribution in [0.1, 0.15) is 18.4 Å². The second kappa shape index (κ2) is 4.84. The average Bonchev–Trinajstić information content (AvgIpc) is 3.20. The van der Waals surface area contributed by atoms with Gasteiger partial charge in [-0.25, -0.2) is 0 Å². The molecule has 0 atom stereocenters. The summed E-state index contributed by atoms with van der Waals surface area (Å²) in [5.74, 6) is 0.816. The van der Waals surface area contributed by atoms with Gasteiger partial charge in [0.1, 0.15) is 11.8 Å². The van der Waals surface area contributed by atoms with Gasteiger partial charge in [-0.1, -0.05) is 12.1 Å². The van der Waals surface area contributed by atoms with E-state index in [4.69, 9.17) is 10.00 Å². The van der Waals surface area contributed by atoms with Crippen LogP contribution < -0.4 is 4.74 Å². The summed E-state index contributed by atoms with van der Waals surface area (Å²) in [4.78, 5) is 11.7. The van der Waals surface area contributed by atoms with Crippen molar-refractivity contribution < 1.29 is 9.53 Å². The molecule has 2 rings (SSSR count). The van der Waals surface area contributed by atoms with Gasteiger partial charge in [-0.2, -0.15) is 5.26 Å². The van der Waals surface area contributed by atoms with E-state index in [-0.39, 0.29) is 17.3 Å². The standard InChI is InChI=1S/C14H13NO2/c1-17-13-6-2-10(3-7-13)8-12(9-15)14(16)11-4-5-11/h2-3,6-8,11H,4-5H2,1H3/b12-8+. The van der Waals surface area contributed by atoms with Crippen LogP contribution in [-0.4, -0.2) is 12.9 Å². The van der Waals surface area contributed by atoms with Crippen molar-refractivity contribution in [3.8, 4) is 11.8 Å². The number of nitriles is 1. The third-order valence-electron chi connectivity index (χ3n) is 2.76. The molecule has 17 heavy (non-hydrogen) atoms. The van der Waals surface area contributed by atoms with Gasteiger partial charge in [0.25, 0.3) is 0 Å². The molecule has 0 N–H and O–H groups in total. The first-order valence-corrected chi connectivity index (χ1v) is 5.54. The van der Waals surface area contributed by atoms with Crippen LogP contribution in [0.5, 0.6) is 5.75 Å². The van der Waals surface area contributed by atoms with Crippen molar-refractivity contribution in [3.05, 3.63) is 35.4 Å². The third kappa shape index (κ3) is 2.73. The molecule has 86 valence electrons. The van der Waals surface area contributed by atoms with E-state index >= 15 is 0 Å². The summed E-state index contributed by atoms with van der Waals surface area (Å²) >= 11 is 0. The minimum Gasteiger partial charge on any atom is -0.497 e. The highest BCUT2D eigenvalue weighted by Crippen LogP contribution is 2.32. The molecule has 3 nitrogen and oxygen atoms in total. The lowest BCUT2D eigenvalue weighted by molar-refractivity contribution is -0.116. The van der Waals surface area contributed by atoms with Crippen LogP contribution in [-0.2, 0) is 4.79 Å². The summed E-state index contributed by atoms with van der Waals surface area (Å²) in [5.41, 5.74) is 1.09. The van der Waals surface area contributed by atoms with E-state index in [0.717, 1.165) is 24.2 Å². The van der Waals surface area contributed by atoms with Gasteiger partial charge in [-0.15, -0.1) is 0 Å². The monoisotopic (exact) mass is 227 g/mol. The highest BCUT2D eigenvalue weighted by atomic mass is 16.5. The number of nitrogens with zero attached hydrogens (tertiary/aromatic N) is 1. The molecule has 0 bridgehead atoms. The molecular weight excluding hydrogens is 214 g/mol. The van der Waals surface area contributed by atoms with E-state index in [1.165, 1.54) is 0 Å². The van der Waals surface area contributed by atoms with Gasteiger partial charge < -0.3 is 4.74 Å². The van der Waals surface area contributed by atoms with E-state index < -0.39 is 0 Å². The second-order valence-corrected chi connectivity index (χ2v) is 4.08. The van der Waals surface area contributed by atoms with E-state index in [0.29, 0.717) is 0 Å². The molecule has 0 saturated heterocycles. The third-order valence-corrected chi connectivity index (χ3v) is 2.76. The Hall–Kier alpha value is -2.08. The van der Waals surface area contributed by atoms with Crippen LogP contribution in [0.2, 0.25) is 0 Å². The van der Waals surface area contributed by atoms with Crippen LogP contribution >= 0.6 is 0 Å². The Labute approximate surface area is 100 Å². The zero-order chi connectivity index (χ0) is 12.3. The molecule has 3 heteroatoms. The fourth-order valence-corrected chi connectivity index (χ4v) is 1.59. The molecule has 1 aromatic carbocycles. The first kappa shape index (κ1) is 11.4. The molecule has 0 unspecified atom stereocenters. The van der Waals surface area contributed by atoms with Crippen molar-refractivity contribution >= 4 is 11.9 Å². The van der Waals surface area contributed by atoms with Crippen molar-refractivity contribution in [2.24, 2.45) is 5.92 Å². The Balaban J connectivity index is 2.20. The maximum absolute atomic E-state index is 11.7. The normalized spacial score (nSPS) is 15.2. The van der Waals surface area contributed by atoms with Crippen LogP contribution in [0.15, 0.2) is 29.8 Å². The van der Waals surface area contributed by atoms with Crippen molar-refractivity contribution in [2.75, 3.05) is 7.11 Å². The van der Waals surface area contributed by atoms with Crippen molar-refractivity contribution in [1.29, 1.82) is 5.26 Å². The summed E-state index contributed by atoms with van der Waals surface area (Å²) in [5, 5.41) is 8.97. The molecule has 0 aromatic heterocycles. The van der Waals surface area contributed by atoms with Gasteiger partial charge in [-0.05, 0) is 36.6 Å². The minimum absolute atomic E-state index is 0.0247. The SMILES string of the molecule is COc1ccc(/C=C(\C#N)C(=O)C2CC2)cc1. The summed E-state index contributed by atoms with van der Waals surface area (Å²) in [6, 6.07) is 9.26. The number of carbonyl (C=O) groups is 1. The first-order valence-electron chi connectivity index (χ1n) is 5.54. The van der Waals surface area contributed by atoms with E-state index in [1.807, 2.05) is 30.3 Å². The lowest BCUT2D eigenvalue weighted by atomic mass is 10.1. The molecule has 1 saturated carbocycles. The summed E-state index contributed by atoms with van der Waals surface area (Å²) < 4.78 is 5.04. The smallest absolute Gasteiger partial charge is 0.176 e. The second-order valence-electron chi connectivity index (χ2n) is 4.08. The van der Waals surface area contributed by atoms with Crippen LogP contribution in [0, 0.1) is 17.2 Å². The molecule has 0 radical (unpaired) electrons. The zero-order valence-corrected chi connectivity index (χ0v) is 9.64. The van der Waals surface area contributed by atoms with E-state index in [9.17, 15) is 4.79 Å². The largest absolute Gasteiger partial charge is 0.497 e. The molecule has 1 aromatic rings. The van der Waals surface area contributed by atoms with Crippen molar-refractivity contribution in [1.82, 2.24) is 0 Å². The predicted molar refractivity (Wildman–Crippen MR) is 64.3 cm³/mol. The summed E-state index contributed by atoms with van der Waals surface area (Å²) in [7, 11) is 1.60. The van der Waals surface area contributed by atoms with Gasteiger partial charge in [0.05, 0.1) is 12.7 Å². The highest BCUT2D eigenvalue weighted by Gasteiger charge is 2.31. The molecule has 1 aliphatic rings. The van der Waals surface area contributed by atoms with E-state index in [2.05, 4.69) is 0 Å². The van der Waals surface area contributed by atoms with E-state index in [1.54, 1.807) is 13.2 Å². The number of methoxy groups -OCH3 is 1. The topological polar surface area (TPSA) is 50.1 Å². The Bertz CT molecular complexity index is 490. The van der Waals surface area contributed by atoms with Gasteiger partial charge in [0, 0.05) is 5.92 Å². The summed E-state index contributed by atoms with van der Waals surface area (Å²) in [6.07, 6.45) is 3.47. The number of benzene rings is 1. The number of Topliss-reactive ketones (excluding diaryl/α,β-unsaturated/α-hetero) is 1. The Kier molecular flexibility index (Phi) is 3.24. The van der Waals surface area contributed by atoms with Crippen molar-refractivity contribution in [2.45, 2.75) is 12.8 Å². The number of ether oxygens (including phenoxy) is 1. The first-order chi connectivity index (χ1) is 8.24. The number of allylic oxidation sites excluding steroid dienone is 1. The number of ketones is 1. The van der Waals surface area contributed by atoms with Gasteiger partial charge >= 0.3 is 0 Å². The Morgan fingerprint density at radius 3 is 2.53 bits per heavy atom. The van der Waals surface area contributed by atoms with Crippen LogP contribution in [0.4, 0.5) is 0 Å². The van der Waals surface area contributed by atoms with Crippen LogP contribution in [0.3, 0.4) is 0 Å². The molecule has 1 aliphatic carbocycles. The molecule has 1 fully saturated rings. The fraction of sp³-hybridized carbons (Fsp3) is 0.286. The highest BCUT2D eigenvalue weighted by molar-refractivity contribution is 6.05. The maximum atomic E-state index is 11.7. The van der Waals surface area contributed by atoms with Gasteiger partial charge in [0.2, 0.25) is 0 Å². The zero-order valence-electron chi connectivity index (χ0n) is 9.64. The molecular formula is C14H13NO2. The number of carbonyl (C=O) groups excluding carboxylic acids is 1. The quantitative estimate of drug-likeness (QED) is 0.586. The molecule has 0 aliphatic heterocycles.